The highest BCUT2D eigenvalue weighted by atomic mass is 16.5. The number of nitrogens with zero attached hydrogens (tertiary/aromatic N) is 4. The monoisotopic (exact) mass is 347 g/mol. The molecule has 1 atom stereocenters. The molecule has 25 heavy (non-hydrogen) atoms. The number of H-pyrrole nitrogens is 1. The Labute approximate surface area is 149 Å². The van der Waals surface area contributed by atoms with Crippen LogP contribution in [0.25, 0.3) is 0 Å². The molecule has 1 amide bonds. The van der Waals surface area contributed by atoms with Gasteiger partial charge in [-0.25, -0.2) is 4.98 Å². The summed E-state index contributed by atoms with van der Waals surface area (Å²) in [6.45, 7) is 7.29. The second-order valence-corrected chi connectivity index (χ2v) is 7.73. The number of nitrogens with one attached hydrogen (secondary N) is 1. The Hall–Kier alpha value is -1.47. The topological polar surface area (TPSA) is 74.3 Å². The van der Waals surface area contributed by atoms with E-state index in [1.165, 1.54) is 0 Å². The van der Waals surface area contributed by atoms with Crippen LogP contribution in [0.3, 0.4) is 0 Å². The summed E-state index contributed by atoms with van der Waals surface area (Å²) >= 11 is 0. The molecule has 3 aliphatic rings. The van der Waals surface area contributed by atoms with E-state index in [1.54, 1.807) is 0 Å². The van der Waals surface area contributed by atoms with Gasteiger partial charge in [-0.1, -0.05) is 0 Å². The Bertz CT molecular complexity index is 594. The summed E-state index contributed by atoms with van der Waals surface area (Å²) < 4.78 is 5.51. The molecule has 3 fully saturated rings. The molecule has 1 N–H and O–H groups in total. The maximum Gasteiger partial charge on any atom is 0.225 e. The zero-order valence-corrected chi connectivity index (χ0v) is 15.1. The van der Waals surface area contributed by atoms with E-state index >= 15 is 0 Å². The fourth-order valence-electron chi connectivity index (χ4n) is 4.07. The fourth-order valence-corrected chi connectivity index (χ4v) is 4.07. The standard InChI is InChI=1S/C18H29N5O2/c1-13-19-17(21-20-13)16-4-7-22(18(24)15-2-3-15)8-9-23(16)12-14-5-10-25-11-6-14/h14-16H,2-12H2,1H3,(H,19,20,21). The summed E-state index contributed by atoms with van der Waals surface area (Å²) in [5.74, 6) is 3.06. The quantitative estimate of drug-likeness (QED) is 0.894. The van der Waals surface area contributed by atoms with E-state index in [0.717, 1.165) is 83.1 Å². The molecule has 7 nitrogen and oxygen atoms in total. The largest absolute Gasteiger partial charge is 0.381 e. The average molecular weight is 347 g/mol. The highest BCUT2D eigenvalue weighted by molar-refractivity contribution is 5.81. The van der Waals surface area contributed by atoms with Crippen molar-refractivity contribution in [3.8, 4) is 0 Å². The van der Waals surface area contributed by atoms with Crippen molar-refractivity contribution in [2.45, 2.75) is 45.1 Å². The lowest BCUT2D eigenvalue weighted by atomic mass is 9.98. The smallest absolute Gasteiger partial charge is 0.225 e. The summed E-state index contributed by atoms with van der Waals surface area (Å²) in [6.07, 6.45) is 5.32. The van der Waals surface area contributed by atoms with Crippen LogP contribution in [0, 0.1) is 18.8 Å². The van der Waals surface area contributed by atoms with Crippen molar-refractivity contribution in [3.05, 3.63) is 11.6 Å². The highest BCUT2D eigenvalue weighted by Gasteiger charge is 2.36. The molecule has 1 aromatic heterocycles. The van der Waals surface area contributed by atoms with E-state index in [9.17, 15) is 4.79 Å². The lowest BCUT2D eigenvalue weighted by Crippen LogP contribution is -2.39. The molecule has 0 bridgehead atoms. The van der Waals surface area contributed by atoms with Crippen molar-refractivity contribution in [2.24, 2.45) is 11.8 Å². The van der Waals surface area contributed by atoms with Gasteiger partial charge in [-0.15, -0.1) is 0 Å². The number of hydrogen-bond donors (Lipinski definition) is 1. The predicted octanol–water partition coefficient (Wildman–Crippen LogP) is 1.53. The number of aromatic amines is 1. The van der Waals surface area contributed by atoms with Crippen LogP contribution in [0.2, 0.25) is 0 Å². The minimum absolute atomic E-state index is 0.199. The number of rotatable bonds is 4. The molecule has 7 heteroatoms. The van der Waals surface area contributed by atoms with Gasteiger partial charge in [-0.3, -0.25) is 14.8 Å². The molecule has 1 aliphatic carbocycles. The van der Waals surface area contributed by atoms with Crippen LogP contribution in [0.15, 0.2) is 0 Å². The summed E-state index contributed by atoms with van der Waals surface area (Å²) in [6, 6.07) is 0.199. The molecule has 0 spiro atoms. The van der Waals surface area contributed by atoms with Crippen molar-refractivity contribution in [1.29, 1.82) is 0 Å². The number of aromatic nitrogens is 3. The predicted molar refractivity (Wildman–Crippen MR) is 92.9 cm³/mol. The molecule has 1 aromatic rings. The minimum atomic E-state index is 0.199. The Morgan fingerprint density at radius 1 is 1.16 bits per heavy atom. The van der Waals surface area contributed by atoms with Crippen LogP contribution in [-0.2, 0) is 9.53 Å². The van der Waals surface area contributed by atoms with E-state index in [2.05, 4.69) is 25.0 Å². The van der Waals surface area contributed by atoms with Crippen LogP contribution in [-0.4, -0.2) is 70.3 Å². The third kappa shape index (κ3) is 4.03. The third-order valence-corrected chi connectivity index (χ3v) is 5.75. The van der Waals surface area contributed by atoms with Crippen molar-refractivity contribution in [3.63, 3.8) is 0 Å². The molecule has 1 saturated carbocycles. The molecule has 3 heterocycles. The van der Waals surface area contributed by atoms with Crippen LogP contribution >= 0.6 is 0 Å². The fraction of sp³-hybridized carbons (Fsp3) is 0.833. The number of aryl methyl sites for hydroxylation is 1. The van der Waals surface area contributed by atoms with Crippen molar-refractivity contribution in [2.75, 3.05) is 39.4 Å². The van der Waals surface area contributed by atoms with Gasteiger partial charge in [-0.2, -0.15) is 5.10 Å². The molecular weight excluding hydrogens is 318 g/mol. The van der Waals surface area contributed by atoms with Crippen LogP contribution in [0.5, 0.6) is 0 Å². The normalized spacial score (nSPS) is 26.6. The van der Waals surface area contributed by atoms with Gasteiger partial charge in [-0.05, 0) is 44.9 Å². The molecule has 2 aliphatic heterocycles. The van der Waals surface area contributed by atoms with Crippen molar-refractivity contribution >= 4 is 5.91 Å². The van der Waals surface area contributed by atoms with Gasteiger partial charge in [0.15, 0.2) is 5.82 Å². The number of hydrogen-bond acceptors (Lipinski definition) is 5. The van der Waals surface area contributed by atoms with Crippen molar-refractivity contribution < 1.29 is 9.53 Å². The Morgan fingerprint density at radius 3 is 2.64 bits per heavy atom. The number of amides is 1. The van der Waals surface area contributed by atoms with Gasteiger partial charge in [0, 0.05) is 45.3 Å². The number of carbonyl (C=O) groups is 1. The van der Waals surface area contributed by atoms with E-state index in [4.69, 9.17) is 4.74 Å². The molecule has 0 aromatic carbocycles. The first-order chi connectivity index (χ1) is 12.2. The van der Waals surface area contributed by atoms with E-state index in [1.807, 2.05) is 6.92 Å². The van der Waals surface area contributed by atoms with Gasteiger partial charge < -0.3 is 9.64 Å². The van der Waals surface area contributed by atoms with E-state index < -0.39 is 0 Å². The third-order valence-electron chi connectivity index (χ3n) is 5.75. The lowest BCUT2D eigenvalue weighted by molar-refractivity contribution is -0.132. The Kier molecular flexibility index (Phi) is 5.03. The van der Waals surface area contributed by atoms with Crippen LogP contribution < -0.4 is 0 Å². The maximum absolute atomic E-state index is 12.5. The second kappa shape index (κ2) is 7.41. The molecule has 1 unspecified atom stereocenters. The van der Waals surface area contributed by atoms with E-state index in [-0.39, 0.29) is 6.04 Å². The van der Waals surface area contributed by atoms with Crippen LogP contribution in [0.4, 0.5) is 0 Å². The molecule has 2 saturated heterocycles. The summed E-state index contributed by atoms with van der Waals surface area (Å²) in [4.78, 5) is 21.7. The molecular formula is C18H29N5O2. The maximum atomic E-state index is 12.5. The second-order valence-electron chi connectivity index (χ2n) is 7.73. The molecule has 138 valence electrons. The SMILES string of the molecule is Cc1nc(C2CCN(C(=O)C3CC3)CCN2CC2CCOCC2)n[nH]1. The number of carbonyl (C=O) groups excluding carboxylic acids is 1. The number of ether oxygens (including phenoxy) is 1. The zero-order valence-electron chi connectivity index (χ0n) is 15.1. The van der Waals surface area contributed by atoms with Gasteiger partial charge in [0.1, 0.15) is 5.82 Å². The van der Waals surface area contributed by atoms with Gasteiger partial charge >= 0.3 is 0 Å². The highest BCUT2D eigenvalue weighted by Crippen LogP contribution is 2.33. The van der Waals surface area contributed by atoms with E-state index in [0.29, 0.717) is 17.7 Å². The summed E-state index contributed by atoms with van der Waals surface area (Å²) in [7, 11) is 0. The van der Waals surface area contributed by atoms with Gasteiger partial charge in [0.05, 0.1) is 6.04 Å². The van der Waals surface area contributed by atoms with Gasteiger partial charge in [0.25, 0.3) is 0 Å². The molecule has 0 radical (unpaired) electrons. The summed E-state index contributed by atoms with van der Waals surface area (Å²) in [5, 5.41) is 7.42. The Morgan fingerprint density at radius 2 is 1.96 bits per heavy atom. The van der Waals surface area contributed by atoms with Gasteiger partial charge in [0.2, 0.25) is 5.91 Å². The first-order valence-electron chi connectivity index (χ1n) is 9.70. The first-order valence-corrected chi connectivity index (χ1v) is 9.70. The molecule has 4 rings (SSSR count). The first kappa shape index (κ1) is 17.0. The lowest BCUT2D eigenvalue weighted by Gasteiger charge is -2.32. The Balaban J connectivity index is 1.48. The van der Waals surface area contributed by atoms with Crippen LogP contribution in [0.1, 0.15) is 49.8 Å². The minimum Gasteiger partial charge on any atom is -0.381 e. The summed E-state index contributed by atoms with van der Waals surface area (Å²) in [5.41, 5.74) is 0. The average Bonchev–Trinajstić information content (AvgIpc) is 3.41. The van der Waals surface area contributed by atoms with Crippen molar-refractivity contribution in [1.82, 2.24) is 25.0 Å². The zero-order chi connectivity index (χ0) is 17.2.